The largest absolute Gasteiger partial charge is 0.360 e. The fourth-order valence-electron chi connectivity index (χ4n) is 4.45. The number of ether oxygens (including phenoxy) is 1. The lowest BCUT2D eigenvalue weighted by molar-refractivity contribution is -0.135. The third kappa shape index (κ3) is 2.69. The molecule has 1 aromatic carbocycles. The Morgan fingerprint density at radius 3 is 3.00 bits per heavy atom. The molecule has 3 aliphatic rings. The van der Waals surface area contributed by atoms with Gasteiger partial charge in [0.15, 0.2) is 5.13 Å². The zero-order valence-electron chi connectivity index (χ0n) is 14.6. The number of aromatic nitrogens is 1. The van der Waals surface area contributed by atoms with E-state index in [4.69, 9.17) is 4.74 Å². The van der Waals surface area contributed by atoms with E-state index in [1.807, 2.05) is 35.3 Å². The van der Waals surface area contributed by atoms with Crippen LogP contribution in [0.25, 0.3) is 0 Å². The first-order valence-electron chi connectivity index (χ1n) is 9.06. The molecule has 0 radical (unpaired) electrons. The van der Waals surface area contributed by atoms with Gasteiger partial charge in [-0.1, -0.05) is 42.5 Å². The molecule has 3 aliphatic heterocycles. The van der Waals surface area contributed by atoms with E-state index in [0.29, 0.717) is 18.2 Å². The van der Waals surface area contributed by atoms with Crippen LogP contribution in [0.3, 0.4) is 0 Å². The highest BCUT2D eigenvalue weighted by atomic mass is 32.1. The Hall–Kier alpha value is -2.51. The maximum atomic E-state index is 13.1. The molecule has 2 amide bonds. The van der Waals surface area contributed by atoms with Crippen molar-refractivity contribution < 1.29 is 14.3 Å². The molecule has 27 heavy (non-hydrogen) atoms. The molecule has 0 aliphatic carbocycles. The Kier molecular flexibility index (Phi) is 3.87. The van der Waals surface area contributed by atoms with Crippen molar-refractivity contribution in [3.05, 3.63) is 59.6 Å². The van der Waals surface area contributed by atoms with Crippen molar-refractivity contribution in [2.75, 3.05) is 18.4 Å². The topological polar surface area (TPSA) is 71.5 Å². The van der Waals surface area contributed by atoms with Crippen LogP contribution in [0.15, 0.2) is 54.1 Å². The monoisotopic (exact) mass is 381 g/mol. The predicted molar refractivity (Wildman–Crippen MR) is 101 cm³/mol. The first kappa shape index (κ1) is 16.6. The lowest BCUT2D eigenvalue weighted by Gasteiger charge is -2.23. The minimum absolute atomic E-state index is 0.0112. The van der Waals surface area contributed by atoms with Crippen molar-refractivity contribution in [3.63, 3.8) is 0 Å². The van der Waals surface area contributed by atoms with Crippen molar-refractivity contribution in [2.24, 2.45) is 11.8 Å². The number of amides is 2. The number of rotatable bonds is 5. The zero-order chi connectivity index (χ0) is 18.4. The fourth-order valence-corrected chi connectivity index (χ4v) is 4.98. The first-order chi connectivity index (χ1) is 13.2. The van der Waals surface area contributed by atoms with Crippen LogP contribution in [0.1, 0.15) is 5.56 Å². The van der Waals surface area contributed by atoms with Crippen LogP contribution >= 0.6 is 11.3 Å². The van der Waals surface area contributed by atoms with Crippen LogP contribution in [0.4, 0.5) is 5.13 Å². The van der Waals surface area contributed by atoms with E-state index in [2.05, 4.69) is 22.4 Å². The van der Waals surface area contributed by atoms with Gasteiger partial charge in [0.1, 0.15) is 5.60 Å². The number of thiazole rings is 1. The summed E-state index contributed by atoms with van der Waals surface area (Å²) >= 11 is 1.36. The molecule has 2 fully saturated rings. The van der Waals surface area contributed by atoms with E-state index >= 15 is 0 Å². The maximum Gasteiger partial charge on any atom is 0.233 e. The molecule has 4 atom stereocenters. The maximum absolute atomic E-state index is 13.1. The molecule has 1 N–H and O–H groups in total. The lowest BCUT2D eigenvalue weighted by atomic mass is 9.77. The van der Waals surface area contributed by atoms with Crippen molar-refractivity contribution in [2.45, 2.75) is 18.1 Å². The predicted octanol–water partition coefficient (Wildman–Crippen LogP) is 2.11. The van der Waals surface area contributed by atoms with Crippen LogP contribution in [0.2, 0.25) is 0 Å². The minimum Gasteiger partial charge on any atom is -0.360 e. The minimum atomic E-state index is -0.663. The molecule has 5 rings (SSSR count). The number of benzene rings is 1. The quantitative estimate of drug-likeness (QED) is 0.806. The Labute approximate surface area is 160 Å². The summed E-state index contributed by atoms with van der Waals surface area (Å²) in [5.74, 6) is -1.14. The van der Waals surface area contributed by atoms with Gasteiger partial charge >= 0.3 is 0 Å². The van der Waals surface area contributed by atoms with Gasteiger partial charge in [0.2, 0.25) is 11.8 Å². The van der Waals surface area contributed by atoms with E-state index in [0.717, 1.165) is 6.42 Å². The second-order valence-corrected chi connectivity index (χ2v) is 8.12. The molecule has 2 aromatic rings. The Bertz CT molecular complexity index is 898. The summed E-state index contributed by atoms with van der Waals surface area (Å²) in [5.41, 5.74) is 0.530. The average molecular weight is 381 g/mol. The van der Waals surface area contributed by atoms with Gasteiger partial charge in [-0.25, -0.2) is 4.98 Å². The average Bonchev–Trinajstić information content (AvgIpc) is 3.44. The second-order valence-electron chi connectivity index (χ2n) is 7.22. The van der Waals surface area contributed by atoms with E-state index < -0.39 is 17.4 Å². The summed E-state index contributed by atoms with van der Waals surface area (Å²) in [6.07, 6.45) is 6.01. The van der Waals surface area contributed by atoms with Gasteiger partial charge < -0.3 is 15.0 Å². The van der Waals surface area contributed by atoms with Gasteiger partial charge in [0.25, 0.3) is 0 Å². The molecule has 6 nitrogen and oxygen atoms in total. The van der Waals surface area contributed by atoms with Crippen LogP contribution in [0, 0.1) is 11.8 Å². The summed E-state index contributed by atoms with van der Waals surface area (Å²) in [7, 11) is 0. The van der Waals surface area contributed by atoms with Crippen LogP contribution in [0.5, 0.6) is 0 Å². The highest BCUT2D eigenvalue weighted by molar-refractivity contribution is 7.13. The number of nitrogens with one attached hydrogen (secondary N) is 1. The van der Waals surface area contributed by atoms with Crippen LogP contribution in [-0.2, 0) is 20.7 Å². The summed E-state index contributed by atoms with van der Waals surface area (Å²) in [4.78, 5) is 31.9. The SMILES string of the molecule is O=C(Nc1nccs1)[C@@H]1[C@H]2C(=O)N(CCc3ccccc3)C[C@]23C=C[C@H]1O3. The third-order valence-electron chi connectivity index (χ3n) is 5.66. The van der Waals surface area contributed by atoms with Gasteiger partial charge in [-0.2, -0.15) is 0 Å². The zero-order valence-corrected chi connectivity index (χ0v) is 15.4. The van der Waals surface area contributed by atoms with Gasteiger partial charge in [-0.15, -0.1) is 11.3 Å². The van der Waals surface area contributed by atoms with Crippen molar-refractivity contribution in [1.29, 1.82) is 0 Å². The summed E-state index contributed by atoms with van der Waals surface area (Å²) in [5, 5.41) is 5.19. The van der Waals surface area contributed by atoms with E-state index in [-0.39, 0.29) is 17.9 Å². The summed E-state index contributed by atoms with van der Waals surface area (Å²) < 4.78 is 6.14. The molecule has 0 saturated carbocycles. The summed E-state index contributed by atoms with van der Waals surface area (Å²) in [6.45, 7) is 1.14. The van der Waals surface area contributed by atoms with Gasteiger partial charge in [-0.3, -0.25) is 9.59 Å². The fraction of sp³-hybridized carbons (Fsp3) is 0.350. The molecule has 0 unspecified atom stereocenters. The van der Waals surface area contributed by atoms with Gasteiger partial charge in [0, 0.05) is 18.1 Å². The van der Waals surface area contributed by atoms with Gasteiger partial charge in [0.05, 0.1) is 24.5 Å². The second kappa shape index (κ2) is 6.28. The molecular formula is C20H19N3O3S. The Morgan fingerprint density at radius 2 is 2.22 bits per heavy atom. The number of anilines is 1. The van der Waals surface area contributed by atoms with E-state index in [1.54, 1.807) is 11.6 Å². The highest BCUT2D eigenvalue weighted by Gasteiger charge is 2.66. The standard InChI is InChI=1S/C20H19N3O3S/c24-17(22-19-21-9-11-27-19)15-14-6-8-20(26-14)12-23(18(25)16(15)20)10-7-13-4-2-1-3-5-13/h1-6,8-9,11,14-16H,7,10,12H2,(H,21,22,24)/t14-,15+,16+,20-/m1/s1. The molecule has 2 bridgehead atoms. The number of fused-ring (bicyclic) bond motifs is 1. The number of hydrogen-bond donors (Lipinski definition) is 1. The number of likely N-dealkylation sites (tertiary alicyclic amines) is 1. The third-order valence-corrected chi connectivity index (χ3v) is 6.35. The van der Waals surface area contributed by atoms with Crippen molar-refractivity contribution in [3.8, 4) is 0 Å². The van der Waals surface area contributed by atoms with E-state index in [9.17, 15) is 9.59 Å². The molecule has 2 saturated heterocycles. The number of hydrogen-bond acceptors (Lipinski definition) is 5. The molecule has 4 heterocycles. The van der Waals surface area contributed by atoms with Gasteiger partial charge in [-0.05, 0) is 12.0 Å². The molecule has 7 heteroatoms. The summed E-state index contributed by atoms with van der Waals surface area (Å²) in [6, 6.07) is 10.1. The van der Waals surface area contributed by atoms with Crippen LogP contribution < -0.4 is 5.32 Å². The number of nitrogens with zero attached hydrogens (tertiary/aromatic N) is 2. The number of carbonyl (C=O) groups excluding carboxylic acids is 2. The van der Waals surface area contributed by atoms with E-state index in [1.165, 1.54) is 16.9 Å². The van der Waals surface area contributed by atoms with Crippen LogP contribution in [-0.4, -0.2) is 46.5 Å². The normalized spacial score (nSPS) is 30.7. The Balaban J connectivity index is 1.33. The molecule has 138 valence electrons. The molecular weight excluding hydrogens is 362 g/mol. The number of carbonyl (C=O) groups is 2. The molecule has 1 spiro atoms. The van der Waals surface area contributed by atoms with Crippen molar-refractivity contribution in [1.82, 2.24) is 9.88 Å². The lowest BCUT2D eigenvalue weighted by Crippen LogP contribution is -2.41. The first-order valence-corrected chi connectivity index (χ1v) is 9.94. The Morgan fingerprint density at radius 1 is 1.37 bits per heavy atom. The smallest absolute Gasteiger partial charge is 0.233 e. The van der Waals surface area contributed by atoms with Crippen molar-refractivity contribution >= 4 is 28.3 Å². The highest BCUT2D eigenvalue weighted by Crippen LogP contribution is 2.52. The molecule has 1 aromatic heterocycles.